The van der Waals surface area contributed by atoms with E-state index in [-0.39, 0.29) is 12.4 Å². The largest absolute Gasteiger partial charge is 0.493 e. The average molecular weight is 545 g/mol. The Bertz CT molecular complexity index is 910. The van der Waals surface area contributed by atoms with Crippen molar-refractivity contribution in [1.29, 1.82) is 0 Å². The summed E-state index contributed by atoms with van der Waals surface area (Å²) >= 11 is 5.11. The highest BCUT2D eigenvalue weighted by Gasteiger charge is 2.47. The maximum Gasteiger partial charge on any atom is 0.324 e. The molecule has 0 amide bonds. The van der Waals surface area contributed by atoms with E-state index in [0.717, 1.165) is 10.4 Å². The predicted octanol–water partition coefficient (Wildman–Crippen LogP) is 6.77. The van der Waals surface area contributed by atoms with E-state index in [9.17, 15) is 9.18 Å². The van der Waals surface area contributed by atoms with Crippen LogP contribution in [-0.4, -0.2) is 32.7 Å². The number of carbonyl (C=O) groups excluding carboxylic acids is 1. The minimum atomic E-state index is -1.83. The molecule has 2 rings (SSSR count). The van der Waals surface area contributed by atoms with E-state index < -0.39 is 24.7 Å². The first-order valence-corrected chi connectivity index (χ1v) is 15.1. The van der Waals surface area contributed by atoms with Crippen LogP contribution >= 0.6 is 27.3 Å². The summed E-state index contributed by atoms with van der Waals surface area (Å²) in [7, 11) is -0.435. The van der Waals surface area contributed by atoms with Crippen LogP contribution in [0.1, 0.15) is 69.3 Å². The molecule has 2 aromatic rings. The molecule has 0 aliphatic rings. The number of ether oxygens (including phenoxy) is 2. The van der Waals surface area contributed by atoms with Crippen molar-refractivity contribution in [1.82, 2.24) is 4.98 Å². The Morgan fingerprint density at radius 2 is 1.75 bits per heavy atom. The highest BCUT2D eigenvalue weighted by molar-refractivity contribution is 9.09. The molecule has 1 aromatic carbocycles. The van der Waals surface area contributed by atoms with Crippen molar-refractivity contribution < 1.29 is 18.7 Å². The van der Waals surface area contributed by atoms with E-state index in [2.05, 4.69) is 57.5 Å². The Morgan fingerprint density at radius 1 is 1.16 bits per heavy atom. The summed E-state index contributed by atoms with van der Waals surface area (Å²) in [4.78, 5) is 17.4. The molecule has 0 saturated carbocycles. The summed E-state index contributed by atoms with van der Waals surface area (Å²) in [6, 6.07) is 3.29. The second-order valence-electron chi connectivity index (χ2n) is 9.02. The Hall–Kier alpha value is -1.25. The fraction of sp³-hybridized carbons (Fsp3) is 0.583. The second-order valence-corrected chi connectivity index (χ2v) is 17.2. The third kappa shape index (κ3) is 5.28. The molecule has 0 N–H and O–H groups in total. The van der Waals surface area contributed by atoms with Gasteiger partial charge in [0.1, 0.15) is 12.9 Å². The Morgan fingerprint density at radius 3 is 2.25 bits per heavy atom. The minimum absolute atomic E-state index is 0.0551. The normalized spacial score (nSPS) is 13.2. The molecule has 0 aliphatic carbocycles. The summed E-state index contributed by atoms with van der Waals surface area (Å²) in [5.41, 5.74) is 2.93. The number of methoxy groups -OCH3 is 1. The number of hydrogen-bond acceptors (Lipinski definition) is 5. The Labute approximate surface area is 205 Å². The van der Waals surface area contributed by atoms with Crippen LogP contribution in [0.15, 0.2) is 18.3 Å². The first-order chi connectivity index (χ1) is 15.0. The molecule has 8 heteroatoms. The molecule has 1 aromatic heterocycles. The van der Waals surface area contributed by atoms with Crippen molar-refractivity contribution in [2.24, 2.45) is 0 Å². The van der Waals surface area contributed by atoms with Gasteiger partial charge in [-0.05, 0) is 41.2 Å². The molecule has 1 unspecified atom stereocenters. The van der Waals surface area contributed by atoms with Crippen molar-refractivity contribution in [3.63, 3.8) is 0 Å². The lowest BCUT2D eigenvalue weighted by molar-refractivity contribution is -0.142. The minimum Gasteiger partial charge on any atom is -0.493 e. The number of halogens is 2. The van der Waals surface area contributed by atoms with E-state index >= 15 is 0 Å². The van der Waals surface area contributed by atoms with Crippen molar-refractivity contribution in [3.8, 4) is 5.75 Å². The maximum absolute atomic E-state index is 14.8. The van der Waals surface area contributed by atoms with E-state index in [4.69, 9.17) is 14.5 Å². The molecule has 178 valence electrons. The van der Waals surface area contributed by atoms with Gasteiger partial charge in [-0.15, -0.1) is 11.3 Å². The lowest BCUT2D eigenvalue weighted by atomic mass is 10.0. The standard InChI is InChI=1S/C24H35BrFNO3SSi/c1-9-30-23(28)21(25)19-11-17(12-20(26)22(19)29-8)10-18-13-27-24(31-18)32(14(2)3,15(4)5)16(6)7/h11-16,21H,9-10H2,1-8H3. The number of esters is 1. The van der Waals surface area contributed by atoms with Gasteiger partial charge in [0.05, 0.1) is 18.3 Å². The number of rotatable bonds is 10. The molecule has 0 aliphatic heterocycles. The zero-order chi connectivity index (χ0) is 24.2. The van der Waals surface area contributed by atoms with Crippen molar-refractivity contribution >= 4 is 45.9 Å². The van der Waals surface area contributed by atoms with Crippen LogP contribution in [0, 0.1) is 5.82 Å². The van der Waals surface area contributed by atoms with Gasteiger partial charge in [-0.1, -0.05) is 57.5 Å². The van der Waals surface area contributed by atoms with Crippen LogP contribution in [0.3, 0.4) is 0 Å². The third-order valence-corrected chi connectivity index (χ3v) is 15.9. The first kappa shape index (κ1) is 27.0. The molecule has 0 saturated heterocycles. The third-order valence-electron chi connectivity index (χ3n) is 6.27. The number of alkyl halides is 1. The molecule has 0 bridgehead atoms. The molecule has 0 spiro atoms. The lowest BCUT2D eigenvalue weighted by Gasteiger charge is -2.41. The van der Waals surface area contributed by atoms with Gasteiger partial charge in [0.15, 0.2) is 11.6 Å². The van der Waals surface area contributed by atoms with Gasteiger partial charge >= 0.3 is 5.97 Å². The van der Waals surface area contributed by atoms with Crippen LogP contribution in [0.4, 0.5) is 4.39 Å². The number of nitrogens with zero attached hydrogens (tertiary/aromatic N) is 1. The number of hydrogen-bond donors (Lipinski definition) is 0. The van der Waals surface area contributed by atoms with Crippen molar-refractivity contribution in [2.75, 3.05) is 13.7 Å². The summed E-state index contributed by atoms with van der Waals surface area (Å²) < 4.78 is 26.4. The topological polar surface area (TPSA) is 48.4 Å². The Kier molecular flexibility index (Phi) is 9.49. The molecule has 32 heavy (non-hydrogen) atoms. The quantitative estimate of drug-likeness (QED) is 0.188. The summed E-state index contributed by atoms with van der Waals surface area (Å²) in [6.45, 7) is 15.9. The van der Waals surface area contributed by atoms with Gasteiger partial charge in [-0.3, -0.25) is 9.78 Å². The van der Waals surface area contributed by atoms with Gasteiger partial charge in [0, 0.05) is 23.1 Å². The summed E-state index contributed by atoms with van der Waals surface area (Å²) in [6.07, 6.45) is 2.49. The van der Waals surface area contributed by atoms with E-state index in [0.29, 0.717) is 28.6 Å². The lowest BCUT2D eigenvalue weighted by Crippen LogP contribution is -2.55. The zero-order valence-electron chi connectivity index (χ0n) is 20.3. The molecular formula is C24H35BrFNO3SSi. The number of carbonyl (C=O) groups is 1. The van der Waals surface area contributed by atoms with Crippen LogP contribution in [0.25, 0.3) is 0 Å². The SMILES string of the molecule is CCOC(=O)C(Br)c1cc(Cc2cnc([Si](C(C)C)(C(C)C)C(C)C)s2)cc(F)c1OC. The molecule has 1 heterocycles. The van der Waals surface area contributed by atoms with E-state index in [1.54, 1.807) is 18.3 Å². The fourth-order valence-corrected chi connectivity index (χ4v) is 15.2. The predicted molar refractivity (Wildman–Crippen MR) is 137 cm³/mol. The Balaban J connectivity index is 2.44. The number of thiazole rings is 1. The van der Waals surface area contributed by atoms with Gasteiger partial charge < -0.3 is 9.47 Å². The molecular weight excluding hydrogens is 509 g/mol. The highest BCUT2D eigenvalue weighted by atomic mass is 79.9. The average Bonchev–Trinajstić information content (AvgIpc) is 3.15. The van der Waals surface area contributed by atoms with Crippen LogP contribution in [0.5, 0.6) is 5.75 Å². The second kappa shape index (κ2) is 11.2. The molecule has 4 nitrogen and oxygen atoms in total. The van der Waals surface area contributed by atoms with Crippen LogP contribution in [0.2, 0.25) is 16.6 Å². The van der Waals surface area contributed by atoms with Gasteiger partial charge in [0.25, 0.3) is 0 Å². The van der Waals surface area contributed by atoms with Gasteiger partial charge in [-0.2, -0.15) is 0 Å². The highest BCUT2D eigenvalue weighted by Crippen LogP contribution is 2.42. The number of aromatic nitrogens is 1. The van der Waals surface area contributed by atoms with Crippen LogP contribution < -0.4 is 9.37 Å². The fourth-order valence-electron chi connectivity index (χ4n) is 5.05. The number of benzene rings is 1. The molecule has 0 radical (unpaired) electrons. The van der Waals surface area contributed by atoms with E-state index in [1.807, 2.05) is 12.3 Å². The van der Waals surface area contributed by atoms with Gasteiger partial charge in [-0.25, -0.2) is 4.39 Å². The maximum atomic E-state index is 14.8. The van der Waals surface area contributed by atoms with Gasteiger partial charge in [0.2, 0.25) is 0 Å². The van der Waals surface area contributed by atoms with Crippen molar-refractivity contribution in [2.45, 2.75) is 76.3 Å². The zero-order valence-corrected chi connectivity index (χ0v) is 23.7. The summed E-state index contributed by atoms with van der Waals surface area (Å²) in [5, 5.41) is 0. The van der Waals surface area contributed by atoms with E-state index in [1.165, 1.54) is 17.8 Å². The first-order valence-electron chi connectivity index (χ1n) is 11.1. The molecule has 1 atom stereocenters. The van der Waals surface area contributed by atoms with Crippen molar-refractivity contribution in [3.05, 3.63) is 40.2 Å². The monoisotopic (exact) mass is 543 g/mol. The molecule has 0 fully saturated rings. The van der Waals surface area contributed by atoms with Crippen LogP contribution in [-0.2, 0) is 16.0 Å². The smallest absolute Gasteiger partial charge is 0.324 e. The summed E-state index contributed by atoms with van der Waals surface area (Å²) in [5.74, 6) is -0.905.